The molecule has 0 saturated carbocycles. The van der Waals surface area contributed by atoms with Crippen molar-refractivity contribution < 1.29 is 9.47 Å². The Labute approximate surface area is 182 Å². The van der Waals surface area contributed by atoms with E-state index < -0.39 is 0 Å². The van der Waals surface area contributed by atoms with E-state index in [9.17, 15) is 0 Å². The fraction of sp³-hybridized carbons (Fsp3) is 0.565. The molecular formula is C23H30N6O2. The standard InChI is InChI=1S/C23H30N6O2/c1-2-21-20(11-18(1)28-5-3-16(4-6-28)17-12-24-13-17)27-22-19(14-31-21)23(26-15-25-22)29-7-9-30-10-8-29/h1-2,11,15-17,24H,3-10,12-14H2,(H,25,26,27). The van der Waals surface area contributed by atoms with Crippen molar-refractivity contribution in [3.05, 3.63) is 30.1 Å². The van der Waals surface area contributed by atoms with Gasteiger partial charge >= 0.3 is 0 Å². The predicted molar refractivity (Wildman–Crippen MR) is 120 cm³/mol. The first-order chi connectivity index (χ1) is 15.3. The molecule has 6 rings (SSSR count). The third-order valence-corrected chi connectivity index (χ3v) is 7.21. The molecule has 2 aromatic rings. The van der Waals surface area contributed by atoms with Gasteiger partial charge in [-0.15, -0.1) is 0 Å². The molecule has 4 aliphatic heterocycles. The Kier molecular flexibility index (Phi) is 5.04. The number of fused-ring (bicyclic) bond motifs is 2. The number of piperidine rings is 1. The van der Waals surface area contributed by atoms with Crippen molar-refractivity contribution in [3.8, 4) is 5.75 Å². The van der Waals surface area contributed by atoms with Crippen molar-refractivity contribution >= 4 is 23.0 Å². The lowest BCUT2D eigenvalue weighted by molar-refractivity contribution is 0.122. The van der Waals surface area contributed by atoms with Gasteiger partial charge in [0.15, 0.2) is 0 Å². The summed E-state index contributed by atoms with van der Waals surface area (Å²) in [5.74, 6) is 4.41. The Balaban J connectivity index is 1.21. The third kappa shape index (κ3) is 3.68. The average molecular weight is 423 g/mol. The van der Waals surface area contributed by atoms with Gasteiger partial charge in [0, 0.05) is 31.9 Å². The minimum Gasteiger partial charge on any atom is -0.486 e. The van der Waals surface area contributed by atoms with Crippen LogP contribution in [0.3, 0.4) is 0 Å². The van der Waals surface area contributed by atoms with Gasteiger partial charge in [-0.3, -0.25) is 0 Å². The SMILES string of the molecule is c1nc2c(c(N3CCOCC3)n1)COc1ccc(N3CCC(C4CNC4)CC3)cc1N2. The first kappa shape index (κ1) is 19.1. The van der Waals surface area contributed by atoms with E-state index in [-0.39, 0.29) is 0 Å². The van der Waals surface area contributed by atoms with Crippen molar-refractivity contribution in [1.82, 2.24) is 15.3 Å². The minimum absolute atomic E-state index is 0.461. The van der Waals surface area contributed by atoms with Gasteiger partial charge in [-0.25, -0.2) is 9.97 Å². The van der Waals surface area contributed by atoms with Gasteiger partial charge in [0.2, 0.25) is 0 Å². The highest BCUT2D eigenvalue weighted by atomic mass is 16.5. The molecule has 1 aromatic heterocycles. The van der Waals surface area contributed by atoms with Gasteiger partial charge in [-0.1, -0.05) is 0 Å². The zero-order valence-corrected chi connectivity index (χ0v) is 17.8. The zero-order valence-electron chi connectivity index (χ0n) is 17.8. The van der Waals surface area contributed by atoms with E-state index >= 15 is 0 Å². The fourth-order valence-corrected chi connectivity index (χ4v) is 5.18. The quantitative estimate of drug-likeness (QED) is 0.781. The summed E-state index contributed by atoms with van der Waals surface area (Å²) < 4.78 is 11.7. The van der Waals surface area contributed by atoms with Crippen LogP contribution in [0.5, 0.6) is 5.75 Å². The fourth-order valence-electron chi connectivity index (χ4n) is 5.18. The van der Waals surface area contributed by atoms with E-state index in [2.05, 4.69) is 48.6 Å². The van der Waals surface area contributed by atoms with E-state index in [1.54, 1.807) is 6.33 Å². The lowest BCUT2D eigenvalue weighted by atomic mass is 9.81. The van der Waals surface area contributed by atoms with Crippen LogP contribution >= 0.6 is 0 Å². The molecule has 0 spiro atoms. The maximum absolute atomic E-state index is 6.19. The Morgan fingerprint density at radius 2 is 1.77 bits per heavy atom. The minimum atomic E-state index is 0.461. The highest BCUT2D eigenvalue weighted by Crippen LogP contribution is 2.39. The Morgan fingerprint density at radius 1 is 0.935 bits per heavy atom. The number of ether oxygens (including phenoxy) is 2. The summed E-state index contributed by atoms with van der Waals surface area (Å²) in [6.45, 7) is 8.26. The second kappa shape index (κ2) is 8.16. The van der Waals surface area contributed by atoms with E-state index in [1.165, 1.54) is 31.6 Å². The first-order valence-electron chi connectivity index (χ1n) is 11.5. The van der Waals surface area contributed by atoms with Crippen LogP contribution < -0.4 is 25.2 Å². The molecule has 8 nitrogen and oxygen atoms in total. The predicted octanol–water partition coefficient (Wildman–Crippen LogP) is 2.38. The third-order valence-electron chi connectivity index (χ3n) is 7.21. The summed E-state index contributed by atoms with van der Waals surface area (Å²) in [5.41, 5.74) is 3.25. The van der Waals surface area contributed by atoms with Crippen LogP contribution in [-0.2, 0) is 11.3 Å². The van der Waals surface area contributed by atoms with Crippen LogP contribution in [0.1, 0.15) is 18.4 Å². The molecule has 0 radical (unpaired) electrons. The number of anilines is 4. The normalized spacial score (nSPS) is 21.9. The van der Waals surface area contributed by atoms with E-state index in [0.717, 1.165) is 79.9 Å². The molecule has 0 atom stereocenters. The average Bonchev–Trinajstić information content (AvgIpc) is 2.97. The molecule has 5 heterocycles. The van der Waals surface area contributed by atoms with Gasteiger partial charge in [0.05, 0.1) is 24.5 Å². The Morgan fingerprint density at radius 3 is 2.55 bits per heavy atom. The molecule has 0 unspecified atom stereocenters. The molecule has 4 aliphatic rings. The summed E-state index contributed by atoms with van der Waals surface area (Å²) in [7, 11) is 0. The van der Waals surface area contributed by atoms with Crippen molar-refractivity contribution in [2.45, 2.75) is 19.4 Å². The van der Waals surface area contributed by atoms with Crippen LogP contribution in [0.15, 0.2) is 24.5 Å². The van der Waals surface area contributed by atoms with Gasteiger partial charge in [-0.05, 0) is 56.0 Å². The van der Waals surface area contributed by atoms with Crippen LogP contribution in [0.25, 0.3) is 0 Å². The molecular weight excluding hydrogens is 392 g/mol. The lowest BCUT2D eigenvalue weighted by Crippen LogP contribution is -2.49. The van der Waals surface area contributed by atoms with Gasteiger partial charge in [0.25, 0.3) is 0 Å². The number of nitrogens with zero attached hydrogens (tertiary/aromatic N) is 4. The van der Waals surface area contributed by atoms with Crippen LogP contribution in [0.4, 0.5) is 23.0 Å². The smallest absolute Gasteiger partial charge is 0.143 e. The van der Waals surface area contributed by atoms with Crippen molar-refractivity contribution in [2.24, 2.45) is 11.8 Å². The molecule has 8 heteroatoms. The summed E-state index contributed by atoms with van der Waals surface area (Å²) in [6.07, 6.45) is 4.21. The summed E-state index contributed by atoms with van der Waals surface area (Å²) in [6, 6.07) is 6.50. The second-order valence-corrected chi connectivity index (χ2v) is 8.96. The molecule has 2 N–H and O–H groups in total. The van der Waals surface area contributed by atoms with E-state index in [1.807, 2.05) is 0 Å². The highest BCUT2D eigenvalue weighted by Gasteiger charge is 2.30. The topological polar surface area (TPSA) is 74.8 Å². The van der Waals surface area contributed by atoms with E-state index in [4.69, 9.17) is 9.47 Å². The lowest BCUT2D eigenvalue weighted by Gasteiger charge is -2.41. The van der Waals surface area contributed by atoms with Crippen LogP contribution in [0, 0.1) is 11.8 Å². The largest absolute Gasteiger partial charge is 0.486 e. The van der Waals surface area contributed by atoms with Gasteiger partial charge in [-0.2, -0.15) is 0 Å². The van der Waals surface area contributed by atoms with Gasteiger partial charge in [0.1, 0.15) is 30.3 Å². The molecule has 0 amide bonds. The Bertz CT molecular complexity index is 936. The van der Waals surface area contributed by atoms with E-state index in [0.29, 0.717) is 6.61 Å². The highest BCUT2D eigenvalue weighted by molar-refractivity contribution is 5.74. The zero-order chi connectivity index (χ0) is 20.6. The maximum atomic E-state index is 6.19. The van der Waals surface area contributed by atoms with Crippen LogP contribution in [0.2, 0.25) is 0 Å². The number of nitrogens with one attached hydrogen (secondary N) is 2. The van der Waals surface area contributed by atoms with Crippen LogP contribution in [-0.4, -0.2) is 62.5 Å². The maximum Gasteiger partial charge on any atom is 0.143 e. The molecule has 31 heavy (non-hydrogen) atoms. The number of aromatic nitrogens is 2. The summed E-state index contributed by atoms with van der Waals surface area (Å²) >= 11 is 0. The molecule has 3 fully saturated rings. The monoisotopic (exact) mass is 422 g/mol. The number of rotatable bonds is 3. The Hall–Kier alpha value is -2.58. The number of benzene rings is 1. The number of hydrogen-bond donors (Lipinski definition) is 2. The van der Waals surface area contributed by atoms with Crippen molar-refractivity contribution in [2.75, 3.05) is 67.6 Å². The second-order valence-electron chi connectivity index (χ2n) is 8.96. The number of morpholine rings is 1. The number of hydrogen-bond acceptors (Lipinski definition) is 8. The molecule has 0 aliphatic carbocycles. The molecule has 0 bridgehead atoms. The van der Waals surface area contributed by atoms with Crippen molar-refractivity contribution in [3.63, 3.8) is 0 Å². The van der Waals surface area contributed by atoms with Gasteiger partial charge < -0.3 is 29.9 Å². The molecule has 1 aromatic carbocycles. The summed E-state index contributed by atoms with van der Waals surface area (Å²) in [4.78, 5) is 13.9. The molecule has 164 valence electrons. The van der Waals surface area contributed by atoms with Crippen molar-refractivity contribution in [1.29, 1.82) is 0 Å². The first-order valence-corrected chi connectivity index (χ1v) is 11.5. The summed E-state index contributed by atoms with van der Waals surface area (Å²) in [5, 5.41) is 6.96. The molecule has 3 saturated heterocycles.